The van der Waals surface area contributed by atoms with E-state index in [9.17, 15) is 0 Å². The van der Waals surface area contributed by atoms with Crippen LogP contribution in [0, 0.1) is 5.92 Å². The summed E-state index contributed by atoms with van der Waals surface area (Å²) in [5, 5.41) is 3.41. The molecule has 1 fully saturated rings. The van der Waals surface area contributed by atoms with E-state index in [0.29, 0.717) is 12.0 Å². The average molecular weight is 314 g/mol. The second-order valence-corrected chi connectivity index (χ2v) is 5.55. The number of ether oxygens (including phenoxy) is 2. The molecule has 1 heterocycles. The number of nitrogens with one attached hydrogen (secondary N) is 1. The third kappa shape index (κ3) is 3.25. The molecule has 1 N–H and O–H groups in total. The van der Waals surface area contributed by atoms with Crippen LogP contribution in [0.5, 0.6) is 5.75 Å². The molecule has 1 aromatic rings. The first-order valence-corrected chi connectivity index (χ1v) is 7.11. The van der Waals surface area contributed by atoms with E-state index < -0.39 is 0 Å². The van der Waals surface area contributed by atoms with Gasteiger partial charge in [0.25, 0.3) is 0 Å². The Morgan fingerprint density at radius 3 is 2.94 bits per heavy atom. The fraction of sp³-hybridized carbons (Fsp3) is 0.571. The standard InChI is InChI=1S/C14H20BrNO2/c1-16-13(11-5-6-18-9-11)8-10-3-4-14(17-2)12(15)7-10/h3-4,7,11,13,16H,5-6,8-9H2,1-2H3. The van der Waals surface area contributed by atoms with Gasteiger partial charge in [0.2, 0.25) is 0 Å². The molecule has 0 bridgehead atoms. The largest absolute Gasteiger partial charge is 0.496 e. The van der Waals surface area contributed by atoms with Gasteiger partial charge in [-0.1, -0.05) is 6.07 Å². The highest BCUT2D eigenvalue weighted by molar-refractivity contribution is 9.10. The SMILES string of the molecule is CNC(Cc1ccc(OC)c(Br)c1)C1CCOC1. The maximum Gasteiger partial charge on any atom is 0.133 e. The van der Waals surface area contributed by atoms with Gasteiger partial charge >= 0.3 is 0 Å². The van der Waals surface area contributed by atoms with Crippen molar-refractivity contribution in [2.75, 3.05) is 27.4 Å². The second-order valence-electron chi connectivity index (χ2n) is 4.69. The minimum Gasteiger partial charge on any atom is -0.496 e. The van der Waals surface area contributed by atoms with Crippen molar-refractivity contribution in [2.24, 2.45) is 5.92 Å². The van der Waals surface area contributed by atoms with Crippen LogP contribution in [0.15, 0.2) is 22.7 Å². The summed E-state index contributed by atoms with van der Waals surface area (Å²) in [6, 6.07) is 6.76. The molecule has 0 spiro atoms. The Balaban J connectivity index is 2.04. The molecule has 1 aliphatic rings. The van der Waals surface area contributed by atoms with Crippen molar-refractivity contribution in [3.05, 3.63) is 28.2 Å². The first kappa shape index (κ1) is 13.8. The predicted octanol–water partition coefficient (Wildman–Crippen LogP) is 2.62. The highest BCUT2D eigenvalue weighted by Crippen LogP contribution is 2.27. The Bertz CT molecular complexity index is 391. The molecule has 100 valence electrons. The van der Waals surface area contributed by atoms with Crippen LogP contribution in [-0.4, -0.2) is 33.4 Å². The zero-order valence-electron chi connectivity index (χ0n) is 10.9. The maximum absolute atomic E-state index is 5.47. The van der Waals surface area contributed by atoms with Crippen LogP contribution in [0.3, 0.4) is 0 Å². The van der Waals surface area contributed by atoms with Crippen molar-refractivity contribution in [3.8, 4) is 5.75 Å². The second kappa shape index (κ2) is 6.55. The van der Waals surface area contributed by atoms with Crippen LogP contribution in [0.4, 0.5) is 0 Å². The highest BCUT2D eigenvalue weighted by Gasteiger charge is 2.24. The van der Waals surface area contributed by atoms with Gasteiger partial charge in [0, 0.05) is 18.6 Å². The van der Waals surface area contributed by atoms with Gasteiger partial charge in [-0.05, 0) is 53.5 Å². The van der Waals surface area contributed by atoms with Crippen molar-refractivity contribution in [1.82, 2.24) is 5.32 Å². The minimum atomic E-state index is 0.479. The van der Waals surface area contributed by atoms with Gasteiger partial charge in [-0.25, -0.2) is 0 Å². The predicted molar refractivity (Wildman–Crippen MR) is 76.2 cm³/mol. The van der Waals surface area contributed by atoms with Crippen molar-refractivity contribution in [3.63, 3.8) is 0 Å². The fourth-order valence-electron chi connectivity index (χ4n) is 2.47. The van der Waals surface area contributed by atoms with Crippen LogP contribution in [0.25, 0.3) is 0 Å². The molecule has 1 aromatic carbocycles. The smallest absolute Gasteiger partial charge is 0.133 e. The zero-order chi connectivity index (χ0) is 13.0. The molecule has 2 rings (SSSR count). The van der Waals surface area contributed by atoms with Crippen LogP contribution >= 0.6 is 15.9 Å². The first-order valence-electron chi connectivity index (χ1n) is 6.32. The number of hydrogen-bond acceptors (Lipinski definition) is 3. The normalized spacial score (nSPS) is 20.9. The molecule has 2 atom stereocenters. The van der Waals surface area contributed by atoms with Crippen molar-refractivity contribution in [1.29, 1.82) is 0 Å². The summed E-state index contributed by atoms with van der Waals surface area (Å²) in [5.74, 6) is 1.50. The van der Waals surface area contributed by atoms with Gasteiger partial charge in [0.05, 0.1) is 18.2 Å². The maximum atomic E-state index is 5.47. The molecule has 2 unspecified atom stereocenters. The molecule has 0 amide bonds. The third-order valence-electron chi connectivity index (χ3n) is 3.58. The number of methoxy groups -OCH3 is 1. The van der Waals surface area contributed by atoms with Crippen LogP contribution in [0.1, 0.15) is 12.0 Å². The summed E-state index contributed by atoms with van der Waals surface area (Å²) < 4.78 is 11.7. The molecule has 0 saturated carbocycles. The number of rotatable bonds is 5. The van der Waals surface area contributed by atoms with Crippen molar-refractivity contribution < 1.29 is 9.47 Å². The average Bonchev–Trinajstić information content (AvgIpc) is 2.90. The Labute approximate surface area is 117 Å². The van der Waals surface area contributed by atoms with Gasteiger partial charge in [-0.15, -0.1) is 0 Å². The quantitative estimate of drug-likeness (QED) is 0.906. The Morgan fingerprint density at radius 2 is 2.39 bits per heavy atom. The van der Waals surface area contributed by atoms with E-state index in [4.69, 9.17) is 9.47 Å². The lowest BCUT2D eigenvalue weighted by Gasteiger charge is -2.22. The van der Waals surface area contributed by atoms with Gasteiger partial charge in [-0.2, -0.15) is 0 Å². The lowest BCUT2D eigenvalue weighted by atomic mass is 9.93. The van der Waals surface area contributed by atoms with Crippen LogP contribution < -0.4 is 10.1 Å². The molecular formula is C14H20BrNO2. The van der Waals surface area contributed by atoms with E-state index >= 15 is 0 Å². The molecule has 0 radical (unpaired) electrons. The van der Waals surface area contributed by atoms with Gasteiger partial charge < -0.3 is 14.8 Å². The lowest BCUT2D eigenvalue weighted by Crippen LogP contribution is -2.35. The molecule has 18 heavy (non-hydrogen) atoms. The topological polar surface area (TPSA) is 30.5 Å². The van der Waals surface area contributed by atoms with Crippen LogP contribution in [0.2, 0.25) is 0 Å². The lowest BCUT2D eigenvalue weighted by molar-refractivity contribution is 0.177. The summed E-state index contributed by atoms with van der Waals surface area (Å²) in [6.45, 7) is 1.78. The zero-order valence-corrected chi connectivity index (χ0v) is 12.5. The Morgan fingerprint density at radius 1 is 1.56 bits per heavy atom. The minimum absolute atomic E-state index is 0.479. The summed E-state index contributed by atoms with van der Waals surface area (Å²) in [7, 11) is 3.72. The fourth-order valence-corrected chi connectivity index (χ4v) is 3.05. The molecular weight excluding hydrogens is 294 g/mol. The Hall–Kier alpha value is -0.580. The monoisotopic (exact) mass is 313 g/mol. The number of halogens is 1. The number of hydrogen-bond donors (Lipinski definition) is 1. The van der Waals surface area contributed by atoms with Gasteiger partial charge in [0.15, 0.2) is 0 Å². The highest BCUT2D eigenvalue weighted by atomic mass is 79.9. The molecule has 3 nitrogen and oxygen atoms in total. The van der Waals surface area contributed by atoms with E-state index in [1.54, 1.807) is 7.11 Å². The van der Waals surface area contributed by atoms with Crippen LogP contribution in [-0.2, 0) is 11.2 Å². The number of benzene rings is 1. The summed E-state index contributed by atoms with van der Waals surface area (Å²) in [6.07, 6.45) is 2.18. The number of likely N-dealkylation sites (N-methyl/N-ethyl adjacent to an activating group) is 1. The van der Waals surface area contributed by atoms with E-state index in [0.717, 1.165) is 36.3 Å². The first-order chi connectivity index (χ1) is 8.74. The van der Waals surface area contributed by atoms with E-state index in [-0.39, 0.29) is 0 Å². The Kier molecular flexibility index (Phi) is 5.03. The van der Waals surface area contributed by atoms with Crippen molar-refractivity contribution >= 4 is 15.9 Å². The van der Waals surface area contributed by atoms with Gasteiger partial charge in [0.1, 0.15) is 5.75 Å². The molecule has 0 aliphatic carbocycles. The van der Waals surface area contributed by atoms with E-state index in [2.05, 4.69) is 33.4 Å². The van der Waals surface area contributed by atoms with Gasteiger partial charge in [-0.3, -0.25) is 0 Å². The van der Waals surface area contributed by atoms with E-state index in [1.807, 2.05) is 13.1 Å². The molecule has 0 aromatic heterocycles. The summed E-state index contributed by atoms with van der Waals surface area (Å²) in [5.41, 5.74) is 1.31. The third-order valence-corrected chi connectivity index (χ3v) is 4.20. The molecule has 1 aliphatic heterocycles. The van der Waals surface area contributed by atoms with Crippen molar-refractivity contribution in [2.45, 2.75) is 18.9 Å². The summed E-state index contributed by atoms with van der Waals surface area (Å²) >= 11 is 3.53. The summed E-state index contributed by atoms with van der Waals surface area (Å²) in [4.78, 5) is 0. The molecule has 4 heteroatoms. The molecule has 1 saturated heterocycles. The van der Waals surface area contributed by atoms with E-state index in [1.165, 1.54) is 5.56 Å².